The Hall–Kier alpha value is -4.71. The molecule has 0 atom stereocenters. The van der Waals surface area contributed by atoms with Crippen LogP contribution in [-0.2, 0) is 22.6 Å². The molecule has 1 aliphatic rings. The van der Waals surface area contributed by atoms with Gasteiger partial charge in [-0.3, -0.25) is 24.6 Å². The minimum atomic E-state index is -0.486. The van der Waals surface area contributed by atoms with E-state index in [9.17, 15) is 19.7 Å². The average Bonchev–Trinajstić information content (AvgIpc) is 3.00. The van der Waals surface area contributed by atoms with E-state index in [-0.39, 0.29) is 18.0 Å². The van der Waals surface area contributed by atoms with E-state index >= 15 is 0 Å². The molecule has 0 spiro atoms. The summed E-state index contributed by atoms with van der Waals surface area (Å²) >= 11 is 0. The fourth-order valence-corrected chi connectivity index (χ4v) is 4.88. The normalized spacial score (nSPS) is 13.2. The van der Waals surface area contributed by atoms with Crippen molar-refractivity contribution in [1.29, 1.82) is 0 Å². The van der Waals surface area contributed by atoms with Crippen LogP contribution in [0, 0.1) is 10.1 Å². The Labute approximate surface area is 245 Å². The van der Waals surface area contributed by atoms with Gasteiger partial charge in [0.25, 0.3) is 5.69 Å². The third-order valence-electron chi connectivity index (χ3n) is 7.35. The molecule has 2 amide bonds. The molecule has 222 valence electrons. The van der Waals surface area contributed by atoms with Crippen molar-refractivity contribution >= 4 is 40.4 Å². The number of anilines is 4. The molecule has 0 bridgehead atoms. The largest absolute Gasteiger partial charge is 0.381 e. The summed E-state index contributed by atoms with van der Waals surface area (Å²) in [4.78, 5) is 45.8. The van der Waals surface area contributed by atoms with Crippen molar-refractivity contribution in [2.45, 2.75) is 26.8 Å². The first-order valence-electron chi connectivity index (χ1n) is 14.1. The molecule has 0 aliphatic carbocycles. The molecule has 0 saturated carbocycles. The van der Waals surface area contributed by atoms with Crippen LogP contribution in [-0.4, -0.2) is 77.3 Å². The number of rotatable bonds is 13. The first-order chi connectivity index (χ1) is 20.2. The summed E-state index contributed by atoms with van der Waals surface area (Å²) in [6.07, 6.45) is 1.60. The number of hydrogen-bond acceptors (Lipinski definition) is 9. The number of carbonyl (C=O) groups is 2. The Balaban J connectivity index is 1.38. The van der Waals surface area contributed by atoms with Crippen molar-refractivity contribution in [2.24, 2.45) is 5.73 Å². The van der Waals surface area contributed by atoms with E-state index in [0.29, 0.717) is 43.2 Å². The monoisotopic (exact) mass is 574 g/mol. The van der Waals surface area contributed by atoms with Crippen molar-refractivity contribution in [3.63, 3.8) is 0 Å². The predicted octanol–water partition coefficient (Wildman–Crippen LogP) is 3.36. The van der Waals surface area contributed by atoms with Crippen molar-refractivity contribution in [2.75, 3.05) is 61.3 Å². The SMILES string of the molecule is CCN(CC)CC(=O)N1CCN(c2ccc(Nc3cc(NCc4cccc([N+](=O)[O-])c4)c(CC(N)=O)cn3)cc2)CC1. The number of primary amides is 1. The number of amides is 2. The quantitative estimate of drug-likeness (QED) is 0.206. The van der Waals surface area contributed by atoms with Gasteiger partial charge in [0.15, 0.2) is 0 Å². The summed E-state index contributed by atoms with van der Waals surface area (Å²) in [7, 11) is 0. The lowest BCUT2D eigenvalue weighted by atomic mass is 10.1. The lowest BCUT2D eigenvalue weighted by Gasteiger charge is -2.37. The number of non-ortho nitro benzene ring substituents is 1. The summed E-state index contributed by atoms with van der Waals surface area (Å²) in [6.45, 7) is 9.63. The number of piperazine rings is 1. The summed E-state index contributed by atoms with van der Waals surface area (Å²) in [5.41, 5.74) is 9.38. The molecule has 0 radical (unpaired) electrons. The first kappa shape index (κ1) is 30.3. The van der Waals surface area contributed by atoms with Crippen LogP contribution in [0.1, 0.15) is 25.0 Å². The van der Waals surface area contributed by atoms with Gasteiger partial charge in [0.05, 0.1) is 17.9 Å². The van der Waals surface area contributed by atoms with E-state index in [1.807, 2.05) is 29.2 Å². The first-order valence-corrected chi connectivity index (χ1v) is 14.1. The van der Waals surface area contributed by atoms with Crippen molar-refractivity contribution < 1.29 is 14.5 Å². The van der Waals surface area contributed by atoms with Crippen LogP contribution in [0.15, 0.2) is 60.8 Å². The summed E-state index contributed by atoms with van der Waals surface area (Å²) in [6, 6.07) is 16.2. The standard InChI is InChI=1S/C30H38N8O4/c1-3-35(4-2)21-30(40)37-14-12-36(13-15-37)25-10-8-24(9-11-25)34-29-18-27(23(20-33-29)17-28(31)39)32-19-22-6-5-7-26(16-22)38(41)42/h5-11,16,18,20H,3-4,12-15,17,19,21H2,1-2H3,(H2,31,39)(H2,32,33,34). The maximum atomic E-state index is 12.6. The number of nitro groups is 1. The van der Waals surface area contributed by atoms with Crippen LogP contribution in [0.4, 0.5) is 28.6 Å². The molecule has 4 N–H and O–H groups in total. The van der Waals surface area contributed by atoms with Gasteiger partial charge >= 0.3 is 0 Å². The molecule has 3 aromatic rings. The summed E-state index contributed by atoms with van der Waals surface area (Å²) in [5, 5.41) is 17.7. The molecule has 1 aliphatic heterocycles. The van der Waals surface area contributed by atoms with Gasteiger partial charge < -0.3 is 26.2 Å². The maximum Gasteiger partial charge on any atom is 0.269 e. The number of hydrogen-bond donors (Lipinski definition) is 3. The molecule has 42 heavy (non-hydrogen) atoms. The number of pyridine rings is 1. The third-order valence-corrected chi connectivity index (χ3v) is 7.35. The lowest BCUT2D eigenvalue weighted by Crippen LogP contribution is -2.51. The number of carbonyl (C=O) groups excluding carboxylic acids is 2. The number of nitrogens with zero attached hydrogens (tertiary/aromatic N) is 5. The van der Waals surface area contributed by atoms with Crippen LogP contribution < -0.4 is 21.3 Å². The van der Waals surface area contributed by atoms with Gasteiger partial charge in [-0.2, -0.15) is 0 Å². The van der Waals surface area contributed by atoms with E-state index in [4.69, 9.17) is 5.73 Å². The Morgan fingerprint density at radius 3 is 2.40 bits per heavy atom. The van der Waals surface area contributed by atoms with E-state index in [1.165, 1.54) is 12.1 Å². The highest BCUT2D eigenvalue weighted by molar-refractivity contribution is 5.79. The Morgan fingerprint density at radius 2 is 1.76 bits per heavy atom. The van der Waals surface area contributed by atoms with Crippen LogP contribution in [0.25, 0.3) is 0 Å². The zero-order valence-corrected chi connectivity index (χ0v) is 24.1. The Morgan fingerprint density at radius 1 is 1.05 bits per heavy atom. The van der Waals surface area contributed by atoms with Crippen molar-refractivity contribution in [3.8, 4) is 0 Å². The number of nitrogens with one attached hydrogen (secondary N) is 2. The van der Waals surface area contributed by atoms with Crippen LogP contribution in [0.5, 0.6) is 0 Å². The maximum absolute atomic E-state index is 12.6. The molecule has 1 saturated heterocycles. The second kappa shape index (κ2) is 14.3. The van der Waals surface area contributed by atoms with Gasteiger partial charge in [0.2, 0.25) is 11.8 Å². The molecule has 12 nitrogen and oxygen atoms in total. The third kappa shape index (κ3) is 8.16. The van der Waals surface area contributed by atoms with Gasteiger partial charge in [-0.15, -0.1) is 0 Å². The molecule has 2 heterocycles. The van der Waals surface area contributed by atoms with E-state index in [2.05, 4.69) is 39.3 Å². The number of likely N-dealkylation sites (N-methyl/N-ethyl adjacent to an activating group) is 1. The van der Waals surface area contributed by atoms with Crippen LogP contribution in [0.2, 0.25) is 0 Å². The second-order valence-electron chi connectivity index (χ2n) is 10.2. The van der Waals surface area contributed by atoms with E-state index in [0.717, 1.165) is 43.1 Å². The fourth-order valence-electron chi connectivity index (χ4n) is 4.88. The van der Waals surface area contributed by atoms with Gasteiger partial charge in [-0.1, -0.05) is 26.0 Å². The molecular formula is C30H38N8O4. The van der Waals surface area contributed by atoms with E-state index < -0.39 is 10.8 Å². The lowest BCUT2D eigenvalue weighted by molar-refractivity contribution is -0.384. The van der Waals surface area contributed by atoms with E-state index in [1.54, 1.807) is 24.4 Å². The molecule has 1 aromatic heterocycles. The van der Waals surface area contributed by atoms with Gasteiger partial charge in [-0.25, -0.2) is 4.98 Å². The average molecular weight is 575 g/mol. The zero-order chi connectivity index (χ0) is 30.1. The highest BCUT2D eigenvalue weighted by Gasteiger charge is 2.22. The number of aromatic nitrogens is 1. The number of benzene rings is 2. The molecule has 2 aromatic carbocycles. The van der Waals surface area contributed by atoms with Crippen molar-refractivity contribution in [1.82, 2.24) is 14.8 Å². The van der Waals surface area contributed by atoms with Crippen LogP contribution >= 0.6 is 0 Å². The molecule has 4 rings (SSSR count). The molecule has 12 heteroatoms. The highest BCUT2D eigenvalue weighted by atomic mass is 16.6. The predicted molar refractivity (Wildman–Crippen MR) is 164 cm³/mol. The molecule has 1 fully saturated rings. The molecular weight excluding hydrogens is 536 g/mol. The number of nitro benzene ring substituents is 1. The smallest absolute Gasteiger partial charge is 0.269 e. The summed E-state index contributed by atoms with van der Waals surface area (Å²) < 4.78 is 0. The Bertz CT molecular complexity index is 1390. The minimum Gasteiger partial charge on any atom is -0.381 e. The second-order valence-corrected chi connectivity index (χ2v) is 10.2. The Kier molecular flexibility index (Phi) is 10.3. The van der Waals surface area contributed by atoms with Crippen molar-refractivity contribution in [3.05, 3.63) is 82.0 Å². The van der Waals surface area contributed by atoms with Gasteiger partial charge in [0.1, 0.15) is 5.82 Å². The minimum absolute atomic E-state index is 0.00751. The van der Waals surface area contributed by atoms with Gasteiger partial charge in [0, 0.05) is 79.7 Å². The zero-order valence-electron chi connectivity index (χ0n) is 24.1. The fraction of sp³-hybridized carbons (Fsp3) is 0.367. The number of nitrogens with two attached hydrogens (primary N) is 1. The van der Waals surface area contributed by atoms with Crippen LogP contribution in [0.3, 0.4) is 0 Å². The highest BCUT2D eigenvalue weighted by Crippen LogP contribution is 2.25. The van der Waals surface area contributed by atoms with Gasteiger partial charge in [-0.05, 0) is 42.9 Å². The molecule has 0 unspecified atom stereocenters. The summed E-state index contributed by atoms with van der Waals surface area (Å²) in [5.74, 6) is 0.268. The topological polar surface area (TPSA) is 150 Å².